The summed E-state index contributed by atoms with van der Waals surface area (Å²) in [6.45, 7) is 3.60. The molecule has 0 N–H and O–H groups in total. The van der Waals surface area contributed by atoms with Crippen molar-refractivity contribution in [1.82, 2.24) is 0 Å². The van der Waals surface area contributed by atoms with Crippen molar-refractivity contribution >= 4 is 5.97 Å². The van der Waals surface area contributed by atoms with E-state index in [9.17, 15) is 4.79 Å². The Hall–Kier alpha value is -2.49. The van der Waals surface area contributed by atoms with E-state index in [2.05, 4.69) is 6.92 Å². The van der Waals surface area contributed by atoms with Gasteiger partial charge in [0, 0.05) is 0 Å². The van der Waals surface area contributed by atoms with E-state index in [4.69, 9.17) is 14.2 Å². The number of rotatable bonds is 13. The Balaban J connectivity index is 1.60. The van der Waals surface area contributed by atoms with Gasteiger partial charge in [-0.3, -0.25) is 0 Å². The van der Waals surface area contributed by atoms with Crippen molar-refractivity contribution in [2.24, 2.45) is 0 Å². The predicted octanol–water partition coefficient (Wildman–Crippen LogP) is 5.66. The van der Waals surface area contributed by atoms with E-state index in [0.717, 1.165) is 18.6 Å². The van der Waals surface area contributed by atoms with Crippen LogP contribution in [0, 0.1) is 0 Å². The highest BCUT2D eigenvalue weighted by atomic mass is 16.5. The molecule has 0 fully saturated rings. The fourth-order valence-electron chi connectivity index (χ4n) is 2.65. The summed E-state index contributed by atoms with van der Waals surface area (Å²) in [5, 5.41) is 0. The normalized spacial score (nSPS) is 10.4. The molecule has 27 heavy (non-hydrogen) atoms. The second-order valence-electron chi connectivity index (χ2n) is 6.44. The molecule has 4 heteroatoms. The third kappa shape index (κ3) is 8.63. The van der Waals surface area contributed by atoms with Gasteiger partial charge >= 0.3 is 5.97 Å². The lowest BCUT2D eigenvalue weighted by Gasteiger charge is -2.09. The Morgan fingerprint density at radius 3 is 1.96 bits per heavy atom. The minimum atomic E-state index is -0.275. The van der Waals surface area contributed by atoms with Crippen molar-refractivity contribution in [3.8, 4) is 11.5 Å². The molecule has 0 amide bonds. The Bertz CT molecular complexity index is 637. The molecule has 0 saturated heterocycles. The molecule has 2 aromatic rings. The van der Waals surface area contributed by atoms with Gasteiger partial charge in [0.05, 0.1) is 12.2 Å². The van der Waals surface area contributed by atoms with Gasteiger partial charge in [0.1, 0.15) is 24.7 Å². The zero-order chi connectivity index (χ0) is 19.2. The molecular formula is C23H30O4. The summed E-state index contributed by atoms with van der Waals surface area (Å²) in [5.74, 6) is 1.26. The average molecular weight is 370 g/mol. The predicted molar refractivity (Wildman–Crippen MR) is 108 cm³/mol. The monoisotopic (exact) mass is 370 g/mol. The first kappa shape index (κ1) is 20.8. The highest BCUT2D eigenvalue weighted by Crippen LogP contribution is 2.14. The molecule has 0 radical (unpaired) electrons. The van der Waals surface area contributed by atoms with Crippen molar-refractivity contribution in [2.45, 2.75) is 45.4 Å². The molecule has 2 aromatic carbocycles. The van der Waals surface area contributed by atoms with Crippen LogP contribution in [0.1, 0.15) is 55.8 Å². The Kier molecular flexibility index (Phi) is 9.87. The second-order valence-corrected chi connectivity index (χ2v) is 6.44. The summed E-state index contributed by atoms with van der Waals surface area (Å²) < 4.78 is 16.5. The standard InChI is InChI=1S/C23H30O4/c1-2-3-4-5-6-10-17-27-23(24)20-13-15-22(16-14-20)26-19-18-25-21-11-8-7-9-12-21/h7-9,11-16H,2-6,10,17-19H2,1H3. The van der Waals surface area contributed by atoms with Crippen LogP contribution in [0.5, 0.6) is 11.5 Å². The molecule has 0 bridgehead atoms. The zero-order valence-electron chi connectivity index (χ0n) is 16.2. The number of unbranched alkanes of at least 4 members (excludes halogenated alkanes) is 5. The number of esters is 1. The van der Waals surface area contributed by atoms with Crippen LogP contribution in [0.15, 0.2) is 54.6 Å². The fourth-order valence-corrected chi connectivity index (χ4v) is 2.65. The van der Waals surface area contributed by atoms with E-state index < -0.39 is 0 Å². The summed E-state index contributed by atoms with van der Waals surface area (Å²) >= 11 is 0. The Labute approximate surface area is 162 Å². The summed E-state index contributed by atoms with van der Waals surface area (Å²) in [6, 6.07) is 16.7. The number of ether oxygens (including phenoxy) is 3. The van der Waals surface area contributed by atoms with Gasteiger partial charge in [-0.05, 0) is 42.8 Å². The van der Waals surface area contributed by atoms with Gasteiger partial charge in [0.15, 0.2) is 0 Å². The van der Waals surface area contributed by atoms with Gasteiger partial charge in [-0.2, -0.15) is 0 Å². The molecule has 0 heterocycles. The largest absolute Gasteiger partial charge is 0.490 e. The zero-order valence-corrected chi connectivity index (χ0v) is 16.2. The van der Waals surface area contributed by atoms with Gasteiger partial charge < -0.3 is 14.2 Å². The van der Waals surface area contributed by atoms with Crippen molar-refractivity contribution < 1.29 is 19.0 Å². The van der Waals surface area contributed by atoms with E-state index in [1.165, 1.54) is 25.7 Å². The van der Waals surface area contributed by atoms with Crippen LogP contribution in [-0.2, 0) is 4.74 Å². The number of hydrogen-bond donors (Lipinski definition) is 0. The minimum Gasteiger partial charge on any atom is -0.490 e. The van der Waals surface area contributed by atoms with Crippen molar-refractivity contribution in [3.63, 3.8) is 0 Å². The van der Waals surface area contributed by atoms with Crippen LogP contribution in [-0.4, -0.2) is 25.8 Å². The molecule has 4 nitrogen and oxygen atoms in total. The maximum atomic E-state index is 12.0. The summed E-state index contributed by atoms with van der Waals surface area (Å²) in [4.78, 5) is 12.0. The van der Waals surface area contributed by atoms with E-state index in [1.54, 1.807) is 24.3 Å². The van der Waals surface area contributed by atoms with Crippen LogP contribution in [0.4, 0.5) is 0 Å². The maximum absolute atomic E-state index is 12.0. The van der Waals surface area contributed by atoms with Gasteiger partial charge in [-0.25, -0.2) is 4.79 Å². The summed E-state index contributed by atoms with van der Waals surface area (Å²) in [6.07, 6.45) is 7.05. The van der Waals surface area contributed by atoms with E-state index in [0.29, 0.717) is 31.1 Å². The number of carbonyl (C=O) groups excluding carboxylic acids is 1. The van der Waals surface area contributed by atoms with Crippen LogP contribution in [0.25, 0.3) is 0 Å². The number of carbonyl (C=O) groups is 1. The van der Waals surface area contributed by atoms with Gasteiger partial charge in [0.25, 0.3) is 0 Å². The summed E-state index contributed by atoms with van der Waals surface area (Å²) in [7, 11) is 0. The van der Waals surface area contributed by atoms with Crippen molar-refractivity contribution in [3.05, 3.63) is 60.2 Å². The lowest BCUT2D eigenvalue weighted by Crippen LogP contribution is -2.09. The highest BCUT2D eigenvalue weighted by molar-refractivity contribution is 5.89. The molecule has 0 aliphatic heterocycles. The fraction of sp³-hybridized carbons (Fsp3) is 0.435. The highest BCUT2D eigenvalue weighted by Gasteiger charge is 2.07. The van der Waals surface area contributed by atoms with Gasteiger partial charge in [-0.1, -0.05) is 57.2 Å². The molecule has 0 atom stereocenters. The van der Waals surface area contributed by atoms with Crippen LogP contribution in [0.3, 0.4) is 0 Å². The molecule has 0 saturated carbocycles. The van der Waals surface area contributed by atoms with E-state index >= 15 is 0 Å². The number of benzene rings is 2. The quantitative estimate of drug-likeness (QED) is 0.337. The molecule has 0 spiro atoms. The average Bonchev–Trinajstić information content (AvgIpc) is 2.71. The molecule has 0 aliphatic carbocycles. The second kappa shape index (κ2) is 12.8. The molecule has 146 valence electrons. The minimum absolute atomic E-state index is 0.275. The number of para-hydroxylation sites is 1. The molecule has 2 rings (SSSR count). The van der Waals surface area contributed by atoms with Crippen LogP contribution >= 0.6 is 0 Å². The lowest BCUT2D eigenvalue weighted by molar-refractivity contribution is 0.0497. The Morgan fingerprint density at radius 1 is 0.704 bits per heavy atom. The lowest BCUT2D eigenvalue weighted by atomic mass is 10.1. The van der Waals surface area contributed by atoms with Crippen molar-refractivity contribution in [2.75, 3.05) is 19.8 Å². The smallest absolute Gasteiger partial charge is 0.338 e. The first-order chi connectivity index (χ1) is 13.3. The third-order valence-corrected chi connectivity index (χ3v) is 4.19. The van der Waals surface area contributed by atoms with Gasteiger partial charge in [-0.15, -0.1) is 0 Å². The third-order valence-electron chi connectivity index (χ3n) is 4.19. The summed E-state index contributed by atoms with van der Waals surface area (Å²) in [5.41, 5.74) is 0.550. The molecule has 0 aromatic heterocycles. The van der Waals surface area contributed by atoms with Crippen molar-refractivity contribution in [1.29, 1.82) is 0 Å². The van der Waals surface area contributed by atoms with Crippen LogP contribution < -0.4 is 9.47 Å². The first-order valence-corrected chi connectivity index (χ1v) is 9.87. The first-order valence-electron chi connectivity index (χ1n) is 9.87. The SMILES string of the molecule is CCCCCCCCOC(=O)c1ccc(OCCOc2ccccc2)cc1. The van der Waals surface area contributed by atoms with Gasteiger partial charge in [0.2, 0.25) is 0 Å². The maximum Gasteiger partial charge on any atom is 0.338 e. The van der Waals surface area contributed by atoms with Crippen LogP contribution in [0.2, 0.25) is 0 Å². The Morgan fingerprint density at radius 2 is 1.30 bits per heavy atom. The van der Waals surface area contributed by atoms with E-state index in [-0.39, 0.29) is 5.97 Å². The molecule has 0 unspecified atom stereocenters. The number of hydrogen-bond acceptors (Lipinski definition) is 4. The topological polar surface area (TPSA) is 44.8 Å². The van der Waals surface area contributed by atoms with E-state index in [1.807, 2.05) is 30.3 Å². The molecular weight excluding hydrogens is 340 g/mol. The molecule has 0 aliphatic rings.